The fourth-order valence-corrected chi connectivity index (χ4v) is 2.78. The fraction of sp³-hybridized carbons (Fsp3) is 0.562. The molecule has 0 bridgehead atoms. The third-order valence-electron chi connectivity index (χ3n) is 4.00. The molecular formula is C16H22O4. The summed E-state index contributed by atoms with van der Waals surface area (Å²) < 4.78 is 10.8. The third-order valence-corrected chi connectivity index (χ3v) is 4.00. The van der Waals surface area contributed by atoms with Crippen LogP contribution in [0.25, 0.3) is 0 Å². The van der Waals surface area contributed by atoms with Crippen LogP contribution in [0.5, 0.6) is 11.5 Å². The number of carboxylic acids is 1. The normalized spacial score (nSPS) is 15.8. The molecule has 1 unspecified atom stereocenters. The van der Waals surface area contributed by atoms with E-state index in [1.165, 1.54) is 0 Å². The SMILES string of the molecule is CCc1cc(C(CC(=O)O)C2CC2)c(OC)cc1OC. The van der Waals surface area contributed by atoms with Crippen molar-refractivity contribution in [3.63, 3.8) is 0 Å². The lowest BCUT2D eigenvalue weighted by Crippen LogP contribution is -2.10. The molecule has 0 amide bonds. The molecule has 110 valence electrons. The van der Waals surface area contributed by atoms with E-state index in [1.54, 1.807) is 14.2 Å². The number of hydrogen-bond acceptors (Lipinski definition) is 3. The lowest BCUT2D eigenvalue weighted by Gasteiger charge is -2.20. The van der Waals surface area contributed by atoms with E-state index in [0.29, 0.717) is 5.92 Å². The van der Waals surface area contributed by atoms with E-state index in [9.17, 15) is 4.79 Å². The molecule has 1 fully saturated rings. The van der Waals surface area contributed by atoms with Gasteiger partial charge in [-0.25, -0.2) is 0 Å². The van der Waals surface area contributed by atoms with Crippen LogP contribution in [0.3, 0.4) is 0 Å². The van der Waals surface area contributed by atoms with Crippen molar-refractivity contribution < 1.29 is 19.4 Å². The van der Waals surface area contributed by atoms with E-state index in [4.69, 9.17) is 14.6 Å². The standard InChI is InChI=1S/C16H22O4/c1-4-10-7-13(15(20-3)9-14(10)19-2)12(8-16(17)18)11-5-6-11/h7,9,11-12H,4-6,8H2,1-3H3,(H,17,18). The number of aliphatic carboxylic acids is 1. The minimum Gasteiger partial charge on any atom is -0.496 e. The number of rotatable bonds is 7. The molecule has 0 radical (unpaired) electrons. The van der Waals surface area contributed by atoms with Crippen molar-refractivity contribution in [2.24, 2.45) is 5.92 Å². The van der Waals surface area contributed by atoms with Gasteiger partial charge >= 0.3 is 5.97 Å². The number of aryl methyl sites for hydroxylation is 1. The molecule has 1 aromatic carbocycles. The average Bonchev–Trinajstić information content (AvgIpc) is 3.27. The summed E-state index contributed by atoms with van der Waals surface area (Å²) in [5.41, 5.74) is 2.11. The Balaban J connectivity index is 2.43. The molecule has 20 heavy (non-hydrogen) atoms. The second kappa shape index (κ2) is 6.16. The number of methoxy groups -OCH3 is 2. The van der Waals surface area contributed by atoms with E-state index in [0.717, 1.165) is 41.9 Å². The lowest BCUT2D eigenvalue weighted by molar-refractivity contribution is -0.137. The third kappa shape index (κ3) is 3.06. The first-order chi connectivity index (χ1) is 9.60. The quantitative estimate of drug-likeness (QED) is 0.832. The molecule has 0 aliphatic heterocycles. The van der Waals surface area contributed by atoms with Crippen molar-refractivity contribution in [1.29, 1.82) is 0 Å². The summed E-state index contributed by atoms with van der Waals surface area (Å²) in [7, 11) is 3.26. The topological polar surface area (TPSA) is 55.8 Å². The Hall–Kier alpha value is -1.71. The number of carboxylic acid groups (broad SMARTS) is 1. The zero-order valence-corrected chi connectivity index (χ0v) is 12.3. The zero-order chi connectivity index (χ0) is 14.7. The van der Waals surface area contributed by atoms with Gasteiger partial charge in [0.15, 0.2) is 0 Å². The van der Waals surface area contributed by atoms with Crippen molar-refractivity contribution in [3.05, 3.63) is 23.3 Å². The molecule has 1 aliphatic carbocycles. The molecule has 0 spiro atoms. The summed E-state index contributed by atoms with van der Waals surface area (Å²) in [6.07, 6.45) is 3.23. The minimum atomic E-state index is -0.752. The van der Waals surface area contributed by atoms with Gasteiger partial charge in [-0.15, -0.1) is 0 Å². The van der Waals surface area contributed by atoms with E-state index in [-0.39, 0.29) is 12.3 Å². The van der Waals surface area contributed by atoms with Crippen LogP contribution in [0, 0.1) is 5.92 Å². The fourth-order valence-electron chi connectivity index (χ4n) is 2.78. The van der Waals surface area contributed by atoms with Crippen LogP contribution in [0.15, 0.2) is 12.1 Å². The molecule has 0 saturated heterocycles. The Morgan fingerprint density at radius 2 is 1.95 bits per heavy atom. The van der Waals surface area contributed by atoms with Gasteiger partial charge in [-0.1, -0.05) is 6.92 Å². The van der Waals surface area contributed by atoms with Gasteiger partial charge in [-0.05, 0) is 42.4 Å². The molecule has 1 N–H and O–H groups in total. The molecular weight excluding hydrogens is 256 g/mol. The molecule has 4 heteroatoms. The summed E-state index contributed by atoms with van der Waals surface area (Å²) in [5, 5.41) is 9.15. The highest BCUT2D eigenvalue weighted by Gasteiger charge is 2.35. The summed E-state index contributed by atoms with van der Waals surface area (Å²) in [4.78, 5) is 11.1. The van der Waals surface area contributed by atoms with Crippen LogP contribution in [0.2, 0.25) is 0 Å². The molecule has 1 atom stereocenters. The maximum atomic E-state index is 11.1. The average molecular weight is 278 g/mol. The largest absolute Gasteiger partial charge is 0.496 e. The lowest BCUT2D eigenvalue weighted by atomic mass is 9.88. The van der Waals surface area contributed by atoms with E-state index in [2.05, 4.69) is 13.0 Å². The predicted molar refractivity (Wildman–Crippen MR) is 76.6 cm³/mol. The highest BCUT2D eigenvalue weighted by molar-refractivity contribution is 5.68. The van der Waals surface area contributed by atoms with Crippen LogP contribution < -0.4 is 9.47 Å². The summed E-state index contributed by atoms with van der Waals surface area (Å²) in [6, 6.07) is 3.94. The van der Waals surface area contributed by atoms with Crippen LogP contribution in [0.1, 0.15) is 43.2 Å². The van der Waals surface area contributed by atoms with Crippen LogP contribution in [-0.4, -0.2) is 25.3 Å². The van der Waals surface area contributed by atoms with Crippen molar-refractivity contribution in [2.45, 2.75) is 38.5 Å². The first-order valence-electron chi connectivity index (χ1n) is 7.07. The highest BCUT2D eigenvalue weighted by Crippen LogP contribution is 2.48. The maximum absolute atomic E-state index is 11.1. The highest BCUT2D eigenvalue weighted by atomic mass is 16.5. The zero-order valence-electron chi connectivity index (χ0n) is 12.3. The van der Waals surface area contributed by atoms with Crippen molar-refractivity contribution >= 4 is 5.97 Å². The molecule has 0 aromatic heterocycles. The van der Waals surface area contributed by atoms with Gasteiger partial charge in [0.1, 0.15) is 11.5 Å². The van der Waals surface area contributed by atoms with Gasteiger partial charge < -0.3 is 14.6 Å². The molecule has 1 aromatic rings. The minimum absolute atomic E-state index is 0.0404. The second-order valence-corrected chi connectivity index (χ2v) is 5.30. The molecule has 1 saturated carbocycles. The van der Waals surface area contributed by atoms with Crippen molar-refractivity contribution in [3.8, 4) is 11.5 Å². The first kappa shape index (κ1) is 14.7. The molecule has 2 rings (SSSR count). The number of carbonyl (C=O) groups is 1. The molecule has 1 aliphatic rings. The number of hydrogen-bond donors (Lipinski definition) is 1. The maximum Gasteiger partial charge on any atom is 0.303 e. The summed E-state index contributed by atoms with van der Waals surface area (Å²) in [5.74, 6) is 1.30. The smallest absolute Gasteiger partial charge is 0.303 e. The van der Waals surface area contributed by atoms with Gasteiger partial charge in [0.2, 0.25) is 0 Å². The van der Waals surface area contributed by atoms with Gasteiger partial charge in [-0.2, -0.15) is 0 Å². The van der Waals surface area contributed by atoms with Gasteiger partial charge in [0, 0.05) is 12.0 Å². The second-order valence-electron chi connectivity index (χ2n) is 5.30. The van der Waals surface area contributed by atoms with Crippen LogP contribution >= 0.6 is 0 Å². The Bertz CT molecular complexity index is 491. The number of ether oxygens (including phenoxy) is 2. The molecule has 0 heterocycles. The number of benzene rings is 1. The Morgan fingerprint density at radius 1 is 1.30 bits per heavy atom. The van der Waals surface area contributed by atoms with E-state index < -0.39 is 5.97 Å². The van der Waals surface area contributed by atoms with Gasteiger partial charge in [-0.3, -0.25) is 4.79 Å². The van der Waals surface area contributed by atoms with E-state index in [1.807, 2.05) is 6.07 Å². The Kier molecular flexibility index (Phi) is 4.53. The van der Waals surface area contributed by atoms with Crippen LogP contribution in [0.4, 0.5) is 0 Å². The van der Waals surface area contributed by atoms with Gasteiger partial charge in [0.05, 0.1) is 20.6 Å². The Morgan fingerprint density at radius 3 is 2.40 bits per heavy atom. The summed E-state index contributed by atoms with van der Waals surface area (Å²) >= 11 is 0. The summed E-state index contributed by atoms with van der Waals surface area (Å²) in [6.45, 7) is 2.07. The monoisotopic (exact) mass is 278 g/mol. The predicted octanol–water partition coefficient (Wildman–Crippen LogP) is 3.23. The molecule has 4 nitrogen and oxygen atoms in total. The van der Waals surface area contributed by atoms with Crippen LogP contribution in [-0.2, 0) is 11.2 Å². The van der Waals surface area contributed by atoms with Crippen molar-refractivity contribution in [1.82, 2.24) is 0 Å². The Labute approximate surface area is 119 Å². The first-order valence-corrected chi connectivity index (χ1v) is 7.07. The van der Waals surface area contributed by atoms with Crippen molar-refractivity contribution in [2.75, 3.05) is 14.2 Å². The van der Waals surface area contributed by atoms with Gasteiger partial charge in [0.25, 0.3) is 0 Å². The van der Waals surface area contributed by atoms with E-state index >= 15 is 0 Å².